The van der Waals surface area contributed by atoms with Gasteiger partial charge in [-0.2, -0.15) is 0 Å². The zero-order chi connectivity index (χ0) is 14.4. The van der Waals surface area contributed by atoms with E-state index in [2.05, 4.69) is 37.2 Å². The second kappa shape index (κ2) is 7.45. The second-order valence-electron chi connectivity index (χ2n) is 4.07. The van der Waals surface area contributed by atoms with Crippen molar-refractivity contribution in [2.24, 2.45) is 0 Å². The summed E-state index contributed by atoms with van der Waals surface area (Å²) in [7, 11) is 0. The molecular formula is C15H13Br2NO2. The molecule has 0 heterocycles. The van der Waals surface area contributed by atoms with Crippen LogP contribution in [0, 0.1) is 0 Å². The third-order valence-corrected chi connectivity index (χ3v) is 3.53. The molecular weight excluding hydrogens is 386 g/mol. The molecule has 0 saturated heterocycles. The van der Waals surface area contributed by atoms with Crippen LogP contribution in [0.1, 0.15) is 10.4 Å². The highest BCUT2D eigenvalue weighted by Crippen LogP contribution is 2.17. The van der Waals surface area contributed by atoms with Crippen molar-refractivity contribution in [3.8, 4) is 5.75 Å². The predicted octanol–water partition coefficient (Wildman–Crippen LogP) is 4.02. The molecule has 3 nitrogen and oxygen atoms in total. The second-order valence-corrected chi connectivity index (χ2v) is 5.90. The summed E-state index contributed by atoms with van der Waals surface area (Å²) in [6, 6.07) is 14.9. The van der Waals surface area contributed by atoms with Crippen LogP contribution in [0.2, 0.25) is 0 Å². The lowest BCUT2D eigenvalue weighted by atomic mass is 10.2. The molecule has 0 radical (unpaired) electrons. The summed E-state index contributed by atoms with van der Waals surface area (Å²) in [5, 5.41) is 2.81. The van der Waals surface area contributed by atoms with Crippen molar-refractivity contribution in [3.63, 3.8) is 0 Å². The van der Waals surface area contributed by atoms with Crippen LogP contribution in [-0.4, -0.2) is 19.1 Å². The number of halogens is 2. The van der Waals surface area contributed by atoms with Crippen LogP contribution < -0.4 is 10.1 Å². The average Bonchev–Trinajstić information content (AvgIpc) is 2.43. The summed E-state index contributed by atoms with van der Waals surface area (Å²) >= 11 is 6.72. The molecule has 0 aliphatic heterocycles. The van der Waals surface area contributed by atoms with Crippen LogP contribution >= 0.6 is 31.9 Å². The maximum Gasteiger partial charge on any atom is 0.251 e. The van der Waals surface area contributed by atoms with E-state index in [4.69, 9.17) is 4.74 Å². The van der Waals surface area contributed by atoms with E-state index in [1.807, 2.05) is 36.4 Å². The zero-order valence-corrected chi connectivity index (χ0v) is 13.8. The van der Waals surface area contributed by atoms with Gasteiger partial charge in [0.1, 0.15) is 12.4 Å². The highest BCUT2D eigenvalue weighted by molar-refractivity contribution is 9.10. The van der Waals surface area contributed by atoms with Gasteiger partial charge in [0, 0.05) is 14.5 Å². The molecule has 0 atom stereocenters. The molecule has 2 rings (SSSR count). The Bertz CT molecular complexity index is 602. The molecule has 104 valence electrons. The third-order valence-electron chi connectivity index (χ3n) is 2.54. The first-order chi connectivity index (χ1) is 9.65. The molecule has 0 aliphatic rings. The number of nitrogens with one attached hydrogen (secondary N) is 1. The van der Waals surface area contributed by atoms with Gasteiger partial charge in [-0.1, -0.05) is 44.0 Å². The Morgan fingerprint density at radius 3 is 2.45 bits per heavy atom. The van der Waals surface area contributed by atoms with Gasteiger partial charge in [0.25, 0.3) is 5.91 Å². The van der Waals surface area contributed by atoms with Crippen molar-refractivity contribution in [2.75, 3.05) is 13.2 Å². The van der Waals surface area contributed by atoms with E-state index < -0.39 is 0 Å². The Labute approximate surface area is 134 Å². The van der Waals surface area contributed by atoms with Crippen molar-refractivity contribution in [2.45, 2.75) is 0 Å². The predicted molar refractivity (Wildman–Crippen MR) is 86.1 cm³/mol. The van der Waals surface area contributed by atoms with Gasteiger partial charge in [0.05, 0.1) is 6.54 Å². The van der Waals surface area contributed by atoms with Crippen LogP contribution in [0.5, 0.6) is 5.75 Å². The number of hydrogen-bond donors (Lipinski definition) is 1. The molecule has 2 aromatic rings. The zero-order valence-electron chi connectivity index (χ0n) is 10.6. The van der Waals surface area contributed by atoms with Gasteiger partial charge in [0.2, 0.25) is 0 Å². The van der Waals surface area contributed by atoms with Gasteiger partial charge in [-0.05, 0) is 36.4 Å². The summed E-state index contributed by atoms with van der Waals surface area (Å²) in [6.07, 6.45) is 0. The van der Waals surface area contributed by atoms with Gasteiger partial charge in [-0.15, -0.1) is 0 Å². The van der Waals surface area contributed by atoms with Crippen molar-refractivity contribution in [3.05, 3.63) is 63.0 Å². The molecule has 1 N–H and O–H groups in total. The first-order valence-electron chi connectivity index (χ1n) is 6.07. The molecule has 0 saturated carbocycles. The van der Waals surface area contributed by atoms with Gasteiger partial charge in [-0.25, -0.2) is 0 Å². The number of rotatable bonds is 5. The minimum atomic E-state index is -0.107. The van der Waals surface area contributed by atoms with E-state index >= 15 is 0 Å². The molecule has 0 unspecified atom stereocenters. The summed E-state index contributed by atoms with van der Waals surface area (Å²) in [6.45, 7) is 0.883. The fourth-order valence-electron chi connectivity index (χ4n) is 1.62. The maximum absolute atomic E-state index is 11.9. The smallest absolute Gasteiger partial charge is 0.251 e. The highest BCUT2D eigenvalue weighted by Gasteiger charge is 2.04. The summed E-state index contributed by atoms with van der Waals surface area (Å²) in [5.74, 6) is 0.667. The van der Waals surface area contributed by atoms with E-state index in [-0.39, 0.29) is 5.91 Å². The van der Waals surface area contributed by atoms with E-state index in [9.17, 15) is 4.79 Å². The highest BCUT2D eigenvalue weighted by atomic mass is 79.9. The van der Waals surface area contributed by atoms with Crippen LogP contribution in [0.3, 0.4) is 0 Å². The van der Waals surface area contributed by atoms with E-state index in [0.717, 1.165) is 14.7 Å². The van der Waals surface area contributed by atoms with Crippen LogP contribution in [0.4, 0.5) is 0 Å². The monoisotopic (exact) mass is 397 g/mol. The number of carbonyl (C=O) groups is 1. The Hall–Kier alpha value is -1.33. The van der Waals surface area contributed by atoms with Crippen LogP contribution in [0.25, 0.3) is 0 Å². The molecule has 0 aliphatic carbocycles. The number of amides is 1. The van der Waals surface area contributed by atoms with Crippen molar-refractivity contribution in [1.29, 1.82) is 0 Å². The fourth-order valence-corrected chi connectivity index (χ4v) is 2.40. The Balaban J connectivity index is 1.77. The molecule has 2 aromatic carbocycles. The Kier molecular flexibility index (Phi) is 5.61. The number of ether oxygens (including phenoxy) is 1. The van der Waals surface area contributed by atoms with Crippen LogP contribution in [0.15, 0.2) is 57.5 Å². The lowest BCUT2D eigenvalue weighted by Crippen LogP contribution is -2.28. The molecule has 5 heteroatoms. The first-order valence-corrected chi connectivity index (χ1v) is 7.66. The quantitative estimate of drug-likeness (QED) is 0.772. The number of carbonyl (C=O) groups excluding carboxylic acids is 1. The van der Waals surface area contributed by atoms with E-state index in [1.54, 1.807) is 12.1 Å². The average molecular weight is 399 g/mol. The van der Waals surface area contributed by atoms with Crippen molar-refractivity contribution >= 4 is 37.8 Å². The minimum absolute atomic E-state index is 0.107. The summed E-state index contributed by atoms with van der Waals surface area (Å²) in [4.78, 5) is 11.9. The molecule has 0 spiro atoms. The lowest BCUT2D eigenvalue weighted by molar-refractivity contribution is 0.0947. The lowest BCUT2D eigenvalue weighted by Gasteiger charge is -2.08. The first kappa shape index (κ1) is 15.1. The van der Waals surface area contributed by atoms with Crippen molar-refractivity contribution < 1.29 is 9.53 Å². The summed E-state index contributed by atoms with van der Waals surface area (Å²) < 4.78 is 7.39. The van der Waals surface area contributed by atoms with E-state index in [1.165, 1.54) is 0 Å². The standard InChI is InChI=1S/C15H13Br2NO2/c16-12-4-1-3-11(9-12)15(19)18-7-8-20-14-6-2-5-13(17)10-14/h1-6,9-10H,7-8H2,(H,18,19). The van der Waals surface area contributed by atoms with Gasteiger partial charge < -0.3 is 10.1 Å². The topological polar surface area (TPSA) is 38.3 Å². The third kappa shape index (κ3) is 4.65. The fraction of sp³-hybridized carbons (Fsp3) is 0.133. The molecule has 1 amide bonds. The SMILES string of the molecule is O=C(NCCOc1cccc(Br)c1)c1cccc(Br)c1. The maximum atomic E-state index is 11.9. The van der Waals surface area contributed by atoms with Gasteiger partial charge >= 0.3 is 0 Å². The van der Waals surface area contributed by atoms with Crippen molar-refractivity contribution in [1.82, 2.24) is 5.32 Å². The number of hydrogen-bond acceptors (Lipinski definition) is 2. The normalized spacial score (nSPS) is 10.1. The van der Waals surface area contributed by atoms with E-state index in [0.29, 0.717) is 18.7 Å². The molecule has 20 heavy (non-hydrogen) atoms. The number of benzene rings is 2. The van der Waals surface area contributed by atoms with Gasteiger partial charge in [0.15, 0.2) is 0 Å². The van der Waals surface area contributed by atoms with Crippen LogP contribution in [-0.2, 0) is 0 Å². The molecule has 0 aromatic heterocycles. The summed E-state index contributed by atoms with van der Waals surface area (Å²) in [5.41, 5.74) is 0.627. The minimum Gasteiger partial charge on any atom is -0.492 e. The van der Waals surface area contributed by atoms with Gasteiger partial charge in [-0.3, -0.25) is 4.79 Å². The molecule has 0 bridgehead atoms. The Morgan fingerprint density at radius 2 is 1.75 bits per heavy atom. The molecule has 0 fully saturated rings. The Morgan fingerprint density at radius 1 is 1.05 bits per heavy atom. The largest absolute Gasteiger partial charge is 0.492 e.